The minimum Gasteiger partial charge on any atom is -0.442 e. The van der Waals surface area contributed by atoms with Gasteiger partial charge in [0.05, 0.1) is 24.1 Å². The lowest BCUT2D eigenvalue weighted by atomic mass is 10.3. The van der Waals surface area contributed by atoms with Gasteiger partial charge in [-0.25, -0.2) is 9.78 Å². The molecule has 1 aromatic carbocycles. The molecule has 0 spiro atoms. The van der Waals surface area contributed by atoms with Crippen LogP contribution in [0.2, 0.25) is 0 Å². The van der Waals surface area contributed by atoms with Crippen molar-refractivity contribution >= 4 is 17.1 Å². The van der Waals surface area contributed by atoms with E-state index >= 15 is 0 Å². The smallest absolute Gasteiger partial charge is 0.407 e. The summed E-state index contributed by atoms with van der Waals surface area (Å²) < 4.78 is 7.32. The molecular weight excluding hydrogens is 230 g/mol. The fourth-order valence-electron chi connectivity index (χ4n) is 2.34. The van der Waals surface area contributed by atoms with Gasteiger partial charge in [-0.3, -0.25) is 0 Å². The van der Waals surface area contributed by atoms with Gasteiger partial charge in [0, 0.05) is 6.42 Å². The molecule has 1 fully saturated rings. The highest BCUT2D eigenvalue weighted by molar-refractivity contribution is 5.76. The van der Waals surface area contributed by atoms with Crippen LogP contribution in [-0.4, -0.2) is 28.3 Å². The summed E-state index contributed by atoms with van der Waals surface area (Å²) in [5, 5.41) is 2.67. The number of aromatic nitrogens is 2. The average molecular weight is 245 g/mol. The second kappa shape index (κ2) is 4.33. The molecule has 94 valence electrons. The van der Waals surface area contributed by atoms with Crippen LogP contribution in [0, 0.1) is 0 Å². The molecule has 1 atom stereocenters. The number of hydrogen-bond donors (Lipinski definition) is 1. The summed E-state index contributed by atoms with van der Waals surface area (Å²) in [5.74, 6) is 1.03. The second-order valence-corrected chi connectivity index (χ2v) is 4.39. The molecular formula is C13H15N3O2. The summed E-state index contributed by atoms with van der Waals surface area (Å²) >= 11 is 0. The number of ether oxygens (including phenoxy) is 1. The summed E-state index contributed by atoms with van der Waals surface area (Å²) in [5.41, 5.74) is 2.09. The lowest BCUT2D eigenvalue weighted by Gasteiger charge is -2.12. The van der Waals surface area contributed by atoms with Gasteiger partial charge in [-0.15, -0.1) is 0 Å². The Morgan fingerprint density at radius 1 is 1.50 bits per heavy atom. The zero-order chi connectivity index (χ0) is 12.5. The highest BCUT2D eigenvalue weighted by atomic mass is 16.6. The van der Waals surface area contributed by atoms with Gasteiger partial charge in [-0.1, -0.05) is 19.1 Å². The molecule has 3 rings (SSSR count). The molecule has 18 heavy (non-hydrogen) atoms. The summed E-state index contributed by atoms with van der Waals surface area (Å²) in [6.07, 6.45) is 0.422. The fourth-order valence-corrected chi connectivity index (χ4v) is 2.34. The van der Waals surface area contributed by atoms with E-state index in [1.54, 1.807) is 0 Å². The molecule has 1 aliphatic heterocycles. The molecule has 2 aromatic rings. The van der Waals surface area contributed by atoms with Crippen molar-refractivity contribution in [1.82, 2.24) is 14.9 Å². The van der Waals surface area contributed by atoms with E-state index < -0.39 is 0 Å². The topological polar surface area (TPSA) is 56.2 Å². The Labute approximate surface area is 105 Å². The maximum absolute atomic E-state index is 11.0. The van der Waals surface area contributed by atoms with E-state index in [1.807, 2.05) is 24.3 Å². The van der Waals surface area contributed by atoms with Gasteiger partial charge in [0.2, 0.25) is 0 Å². The third-order valence-corrected chi connectivity index (χ3v) is 3.18. The van der Waals surface area contributed by atoms with Crippen LogP contribution in [0.1, 0.15) is 12.7 Å². The highest BCUT2D eigenvalue weighted by Gasteiger charge is 2.24. The Balaban J connectivity index is 1.96. The van der Waals surface area contributed by atoms with Crippen molar-refractivity contribution in [2.45, 2.75) is 26.0 Å². The molecule has 0 radical (unpaired) electrons. The van der Waals surface area contributed by atoms with Gasteiger partial charge < -0.3 is 14.6 Å². The quantitative estimate of drug-likeness (QED) is 0.895. The minimum absolute atomic E-state index is 0.111. The van der Waals surface area contributed by atoms with E-state index in [0.717, 1.165) is 23.3 Å². The number of imidazole rings is 1. The molecule has 0 aliphatic carbocycles. The van der Waals surface area contributed by atoms with Crippen molar-refractivity contribution in [3.05, 3.63) is 30.1 Å². The third kappa shape index (κ3) is 1.81. The summed E-state index contributed by atoms with van der Waals surface area (Å²) in [4.78, 5) is 15.6. The lowest BCUT2D eigenvalue weighted by molar-refractivity contribution is 0.131. The van der Waals surface area contributed by atoms with Crippen molar-refractivity contribution in [2.75, 3.05) is 6.54 Å². The van der Waals surface area contributed by atoms with Crippen LogP contribution in [0.15, 0.2) is 24.3 Å². The number of para-hydroxylation sites is 2. The molecule has 1 N–H and O–H groups in total. The number of carbonyl (C=O) groups excluding carboxylic acids is 1. The average Bonchev–Trinajstić information content (AvgIpc) is 2.94. The van der Waals surface area contributed by atoms with E-state index in [-0.39, 0.29) is 12.2 Å². The zero-order valence-electron chi connectivity index (χ0n) is 10.2. The first kappa shape index (κ1) is 11.1. The van der Waals surface area contributed by atoms with Crippen LogP contribution in [0.3, 0.4) is 0 Å². The van der Waals surface area contributed by atoms with Gasteiger partial charge >= 0.3 is 6.09 Å². The Kier molecular flexibility index (Phi) is 2.66. The Bertz CT molecular complexity index is 591. The number of rotatable bonds is 3. The van der Waals surface area contributed by atoms with Crippen molar-refractivity contribution in [3.63, 3.8) is 0 Å². The first-order chi connectivity index (χ1) is 8.78. The van der Waals surface area contributed by atoms with Crippen molar-refractivity contribution < 1.29 is 9.53 Å². The van der Waals surface area contributed by atoms with Gasteiger partial charge in [-0.2, -0.15) is 0 Å². The number of alkyl carbamates (subject to hydrolysis) is 1. The predicted molar refractivity (Wildman–Crippen MR) is 67.4 cm³/mol. The minimum atomic E-state index is -0.331. The van der Waals surface area contributed by atoms with Crippen LogP contribution < -0.4 is 5.32 Å². The number of cyclic esters (lactones) is 1. The normalized spacial score (nSPS) is 18.9. The van der Waals surface area contributed by atoms with Crippen LogP contribution in [0.25, 0.3) is 11.0 Å². The number of carbonyl (C=O) groups is 1. The second-order valence-electron chi connectivity index (χ2n) is 4.39. The molecule has 1 amide bonds. The number of nitrogens with zero attached hydrogens (tertiary/aromatic N) is 2. The molecule has 0 bridgehead atoms. The van der Waals surface area contributed by atoms with Crippen LogP contribution >= 0.6 is 0 Å². The number of nitrogens with one attached hydrogen (secondary N) is 1. The van der Waals surface area contributed by atoms with Crippen LogP contribution in [0.4, 0.5) is 4.79 Å². The molecule has 5 nitrogen and oxygen atoms in total. The van der Waals surface area contributed by atoms with E-state index in [0.29, 0.717) is 13.1 Å². The van der Waals surface area contributed by atoms with E-state index in [4.69, 9.17) is 4.74 Å². The first-order valence-corrected chi connectivity index (χ1v) is 6.16. The standard InChI is InChI=1S/C13H15N3O2/c1-2-12-15-10-5-3-4-6-11(10)16(12)8-9-7-14-13(17)18-9/h3-6,9H,2,7-8H2,1H3,(H,14,17). The molecule has 2 heterocycles. The Morgan fingerprint density at radius 2 is 2.33 bits per heavy atom. The van der Waals surface area contributed by atoms with E-state index in [9.17, 15) is 4.79 Å². The first-order valence-electron chi connectivity index (χ1n) is 6.16. The maximum Gasteiger partial charge on any atom is 0.407 e. The highest BCUT2D eigenvalue weighted by Crippen LogP contribution is 2.18. The predicted octanol–water partition coefficient (Wildman–Crippen LogP) is 1.71. The SMILES string of the molecule is CCc1nc2ccccc2n1CC1CNC(=O)O1. The van der Waals surface area contributed by atoms with Gasteiger partial charge in [-0.05, 0) is 12.1 Å². The summed E-state index contributed by atoms with van der Waals surface area (Å²) in [6.45, 7) is 3.30. The summed E-state index contributed by atoms with van der Waals surface area (Å²) in [6, 6.07) is 8.03. The molecule has 1 aromatic heterocycles. The zero-order valence-corrected chi connectivity index (χ0v) is 10.2. The van der Waals surface area contributed by atoms with E-state index in [2.05, 4.69) is 21.8 Å². The number of hydrogen-bond acceptors (Lipinski definition) is 3. The van der Waals surface area contributed by atoms with Crippen molar-refractivity contribution in [2.24, 2.45) is 0 Å². The van der Waals surface area contributed by atoms with Crippen LogP contribution in [0.5, 0.6) is 0 Å². The monoisotopic (exact) mass is 245 g/mol. The largest absolute Gasteiger partial charge is 0.442 e. The number of aryl methyl sites for hydroxylation is 1. The number of amides is 1. The molecule has 1 unspecified atom stereocenters. The Hall–Kier alpha value is -2.04. The molecule has 0 saturated carbocycles. The Morgan fingerprint density at radius 3 is 3.06 bits per heavy atom. The summed E-state index contributed by atoms with van der Waals surface area (Å²) in [7, 11) is 0. The molecule has 1 aliphatic rings. The van der Waals surface area contributed by atoms with Crippen molar-refractivity contribution in [3.8, 4) is 0 Å². The maximum atomic E-state index is 11.0. The number of benzene rings is 1. The van der Waals surface area contributed by atoms with Crippen molar-refractivity contribution in [1.29, 1.82) is 0 Å². The van der Waals surface area contributed by atoms with E-state index in [1.165, 1.54) is 0 Å². The molecule has 5 heteroatoms. The lowest BCUT2D eigenvalue weighted by Crippen LogP contribution is -2.21. The number of fused-ring (bicyclic) bond motifs is 1. The van der Waals surface area contributed by atoms with Gasteiger partial charge in [0.1, 0.15) is 11.9 Å². The molecule has 1 saturated heterocycles. The van der Waals surface area contributed by atoms with Gasteiger partial charge in [0.15, 0.2) is 0 Å². The van der Waals surface area contributed by atoms with Crippen LogP contribution in [-0.2, 0) is 17.7 Å². The third-order valence-electron chi connectivity index (χ3n) is 3.18. The fraction of sp³-hybridized carbons (Fsp3) is 0.385. The van der Waals surface area contributed by atoms with Gasteiger partial charge in [0.25, 0.3) is 0 Å².